The van der Waals surface area contributed by atoms with Gasteiger partial charge in [0.15, 0.2) is 5.69 Å². The van der Waals surface area contributed by atoms with Crippen molar-refractivity contribution < 1.29 is 9.53 Å². The zero-order valence-corrected chi connectivity index (χ0v) is 18.1. The van der Waals surface area contributed by atoms with Crippen molar-refractivity contribution in [2.75, 3.05) is 6.61 Å². The minimum atomic E-state index is -0.456. The number of amides is 1. The van der Waals surface area contributed by atoms with Crippen molar-refractivity contribution >= 4 is 22.9 Å². The van der Waals surface area contributed by atoms with Crippen molar-refractivity contribution in [3.8, 4) is 0 Å². The van der Waals surface area contributed by atoms with Crippen LogP contribution in [-0.2, 0) is 17.8 Å². The number of aryl methyl sites for hydroxylation is 2. The summed E-state index contributed by atoms with van der Waals surface area (Å²) in [6.07, 6.45) is 4.09. The second-order valence-electron chi connectivity index (χ2n) is 7.79. The lowest BCUT2D eigenvalue weighted by Crippen LogP contribution is -2.28. The molecule has 1 aliphatic rings. The van der Waals surface area contributed by atoms with E-state index in [1.54, 1.807) is 30.5 Å². The van der Waals surface area contributed by atoms with Gasteiger partial charge in [-0.3, -0.25) is 9.59 Å². The molecule has 0 saturated carbocycles. The van der Waals surface area contributed by atoms with E-state index in [1.165, 1.54) is 4.68 Å². The fourth-order valence-corrected chi connectivity index (χ4v) is 4.06. The van der Waals surface area contributed by atoms with Crippen LogP contribution in [0.25, 0.3) is 10.8 Å². The zero-order valence-electron chi connectivity index (χ0n) is 18.1. The molecule has 2 aromatic heterocycles. The molecule has 8 heteroatoms. The van der Waals surface area contributed by atoms with E-state index in [9.17, 15) is 9.59 Å². The van der Waals surface area contributed by atoms with Gasteiger partial charge in [-0.2, -0.15) is 10.2 Å². The number of fused-ring (bicyclic) bond motifs is 1. The van der Waals surface area contributed by atoms with Crippen molar-refractivity contribution in [3.63, 3.8) is 0 Å². The Morgan fingerprint density at radius 2 is 2.10 bits per heavy atom. The van der Waals surface area contributed by atoms with Gasteiger partial charge in [0, 0.05) is 42.0 Å². The number of carbonyl (C=O) groups excluding carboxylic acids is 1. The maximum absolute atomic E-state index is 12.8. The molecule has 0 spiro atoms. The summed E-state index contributed by atoms with van der Waals surface area (Å²) < 4.78 is 9.28. The van der Waals surface area contributed by atoms with Gasteiger partial charge in [-0.25, -0.2) is 10.1 Å². The normalized spacial score (nSPS) is 16.4. The molecule has 1 saturated heterocycles. The van der Waals surface area contributed by atoms with Gasteiger partial charge < -0.3 is 9.30 Å². The van der Waals surface area contributed by atoms with E-state index >= 15 is 0 Å². The van der Waals surface area contributed by atoms with Crippen molar-refractivity contribution in [3.05, 3.63) is 63.3 Å². The number of rotatable bonds is 6. The van der Waals surface area contributed by atoms with Gasteiger partial charge in [0.1, 0.15) is 0 Å². The minimum absolute atomic E-state index is 0.179. The maximum Gasteiger partial charge on any atom is 0.292 e. The second kappa shape index (κ2) is 8.85. The highest BCUT2D eigenvalue weighted by molar-refractivity contribution is 6.05. The number of benzene rings is 1. The summed E-state index contributed by atoms with van der Waals surface area (Å²) in [6.45, 7) is 7.95. The molecule has 0 aliphatic carbocycles. The predicted molar refractivity (Wildman–Crippen MR) is 120 cm³/mol. The summed E-state index contributed by atoms with van der Waals surface area (Å²) in [5.41, 5.74) is 5.67. The van der Waals surface area contributed by atoms with Crippen LogP contribution >= 0.6 is 0 Å². The highest BCUT2D eigenvalue weighted by Gasteiger charge is 2.19. The molecule has 1 atom stereocenters. The standard InChI is InChI=1S/C23H27N5O3/c1-4-28-23(30)20-10-6-5-9-19(20)21(26-28)22(29)25-24-13-17-12-15(2)27(16(17)3)14-18-8-7-11-31-18/h5-6,9-10,12-13,18H,4,7-8,11,14H2,1-3H3,(H,25,29)/b24-13-/t18-/m0/s1. The number of nitrogens with zero attached hydrogens (tertiary/aromatic N) is 4. The van der Waals surface area contributed by atoms with E-state index in [1.807, 2.05) is 19.9 Å². The molecule has 1 aliphatic heterocycles. The number of ether oxygens (including phenoxy) is 1. The van der Waals surface area contributed by atoms with Gasteiger partial charge in [0.25, 0.3) is 11.5 Å². The van der Waals surface area contributed by atoms with E-state index < -0.39 is 5.91 Å². The largest absolute Gasteiger partial charge is 0.376 e. The van der Waals surface area contributed by atoms with Crippen LogP contribution < -0.4 is 11.0 Å². The first-order chi connectivity index (χ1) is 15.0. The molecular weight excluding hydrogens is 394 g/mol. The van der Waals surface area contributed by atoms with E-state index in [0.29, 0.717) is 17.3 Å². The molecule has 3 aromatic rings. The Morgan fingerprint density at radius 1 is 1.32 bits per heavy atom. The molecule has 1 amide bonds. The number of aromatic nitrogens is 3. The second-order valence-corrected chi connectivity index (χ2v) is 7.79. The molecule has 0 radical (unpaired) electrons. The van der Waals surface area contributed by atoms with E-state index in [4.69, 9.17) is 4.74 Å². The summed E-state index contributed by atoms with van der Waals surface area (Å²) in [5, 5.41) is 9.37. The molecule has 4 rings (SSSR count). The molecule has 0 bridgehead atoms. The van der Waals surface area contributed by atoms with Crippen LogP contribution in [0.2, 0.25) is 0 Å². The molecule has 8 nitrogen and oxygen atoms in total. The van der Waals surface area contributed by atoms with Crippen LogP contribution in [0.1, 0.15) is 47.2 Å². The van der Waals surface area contributed by atoms with Crippen LogP contribution in [0.3, 0.4) is 0 Å². The Kier molecular flexibility index (Phi) is 5.99. The van der Waals surface area contributed by atoms with Crippen molar-refractivity contribution in [1.82, 2.24) is 19.8 Å². The van der Waals surface area contributed by atoms with Crippen LogP contribution in [0.5, 0.6) is 0 Å². The quantitative estimate of drug-likeness (QED) is 0.489. The summed E-state index contributed by atoms with van der Waals surface area (Å²) in [7, 11) is 0. The number of hydrogen-bond donors (Lipinski definition) is 1. The molecule has 1 fully saturated rings. The lowest BCUT2D eigenvalue weighted by molar-refractivity contribution is 0.0949. The van der Waals surface area contributed by atoms with Gasteiger partial charge in [0.05, 0.1) is 17.7 Å². The Bertz CT molecular complexity index is 1200. The smallest absolute Gasteiger partial charge is 0.292 e. The highest BCUT2D eigenvalue weighted by Crippen LogP contribution is 2.19. The van der Waals surface area contributed by atoms with E-state index in [0.717, 1.165) is 42.9 Å². The van der Waals surface area contributed by atoms with Crippen LogP contribution in [0.4, 0.5) is 0 Å². The van der Waals surface area contributed by atoms with Gasteiger partial charge >= 0.3 is 0 Å². The third-order valence-electron chi connectivity index (χ3n) is 5.78. The molecule has 162 valence electrons. The number of carbonyl (C=O) groups is 1. The lowest BCUT2D eigenvalue weighted by atomic mass is 10.1. The lowest BCUT2D eigenvalue weighted by Gasteiger charge is -2.14. The van der Waals surface area contributed by atoms with E-state index in [-0.39, 0.29) is 17.4 Å². The number of hydrazone groups is 1. The fourth-order valence-electron chi connectivity index (χ4n) is 4.06. The summed E-state index contributed by atoms with van der Waals surface area (Å²) in [5.74, 6) is -0.456. The Hall–Kier alpha value is -3.26. The van der Waals surface area contributed by atoms with Gasteiger partial charge in [0.2, 0.25) is 0 Å². The first-order valence-electron chi connectivity index (χ1n) is 10.6. The number of nitrogens with one attached hydrogen (secondary N) is 1. The third-order valence-corrected chi connectivity index (χ3v) is 5.78. The van der Waals surface area contributed by atoms with Crippen LogP contribution in [0.15, 0.2) is 40.2 Å². The zero-order chi connectivity index (χ0) is 22.0. The van der Waals surface area contributed by atoms with Gasteiger partial charge in [-0.1, -0.05) is 18.2 Å². The Morgan fingerprint density at radius 3 is 2.81 bits per heavy atom. The topological polar surface area (TPSA) is 90.5 Å². The molecule has 31 heavy (non-hydrogen) atoms. The number of hydrogen-bond acceptors (Lipinski definition) is 5. The molecule has 1 N–H and O–H groups in total. The SMILES string of the molecule is CCn1nc(C(=O)N/N=C\c2cc(C)n(C[C@@H]3CCCO3)c2C)c2ccccc2c1=O. The highest BCUT2D eigenvalue weighted by atomic mass is 16.5. The third kappa shape index (κ3) is 4.16. The fraction of sp³-hybridized carbons (Fsp3) is 0.391. The summed E-state index contributed by atoms with van der Waals surface area (Å²) in [4.78, 5) is 25.2. The van der Waals surface area contributed by atoms with Gasteiger partial charge in [-0.05, 0) is 45.7 Å². The average molecular weight is 422 g/mol. The monoisotopic (exact) mass is 421 g/mol. The first-order valence-corrected chi connectivity index (χ1v) is 10.6. The summed E-state index contributed by atoms with van der Waals surface area (Å²) in [6, 6.07) is 9.03. The average Bonchev–Trinajstić information content (AvgIpc) is 3.38. The van der Waals surface area contributed by atoms with Crippen LogP contribution in [-0.4, -0.2) is 39.2 Å². The van der Waals surface area contributed by atoms with E-state index in [2.05, 4.69) is 27.1 Å². The molecule has 0 unspecified atom stereocenters. The first kappa shape index (κ1) is 21.0. The Labute approximate surface area is 180 Å². The Balaban J connectivity index is 1.54. The maximum atomic E-state index is 12.8. The van der Waals surface area contributed by atoms with Crippen molar-refractivity contribution in [2.45, 2.75) is 52.8 Å². The molecule has 3 heterocycles. The summed E-state index contributed by atoms with van der Waals surface area (Å²) >= 11 is 0. The van der Waals surface area contributed by atoms with Gasteiger partial charge in [-0.15, -0.1) is 0 Å². The van der Waals surface area contributed by atoms with Crippen molar-refractivity contribution in [1.29, 1.82) is 0 Å². The van der Waals surface area contributed by atoms with Crippen molar-refractivity contribution in [2.24, 2.45) is 5.10 Å². The molecular formula is C23H27N5O3. The predicted octanol–water partition coefficient (Wildman–Crippen LogP) is 2.78. The minimum Gasteiger partial charge on any atom is -0.376 e. The molecule has 1 aromatic carbocycles. The van der Waals surface area contributed by atoms with Crippen LogP contribution in [0, 0.1) is 13.8 Å².